The van der Waals surface area contributed by atoms with Crippen LogP contribution in [0.1, 0.15) is 0 Å². The number of para-hydroxylation sites is 2. The van der Waals surface area contributed by atoms with Crippen LogP contribution >= 0.6 is 11.3 Å². The molecule has 0 saturated heterocycles. The first-order chi connectivity index (χ1) is 25.3. The fourth-order valence-corrected chi connectivity index (χ4v) is 8.43. The molecule has 3 nitrogen and oxygen atoms in total. The van der Waals surface area contributed by atoms with Crippen LogP contribution in [0.3, 0.4) is 0 Å². The van der Waals surface area contributed by atoms with Crippen LogP contribution in [0, 0.1) is 0 Å². The predicted molar refractivity (Wildman–Crippen MR) is 217 cm³/mol. The minimum absolute atomic E-state index is 1.07. The van der Waals surface area contributed by atoms with Gasteiger partial charge in [-0.25, -0.2) is 4.98 Å². The number of hydrogen-bond donors (Lipinski definition) is 0. The number of fused-ring (bicyclic) bond motifs is 6. The summed E-state index contributed by atoms with van der Waals surface area (Å²) in [6.07, 6.45) is 2.00. The van der Waals surface area contributed by atoms with Crippen molar-refractivity contribution in [2.75, 3.05) is 4.90 Å². The van der Waals surface area contributed by atoms with E-state index >= 15 is 0 Å². The first-order valence-corrected chi connectivity index (χ1v) is 18.0. The van der Waals surface area contributed by atoms with Gasteiger partial charge in [0, 0.05) is 60.8 Å². The Balaban J connectivity index is 1.12. The lowest BCUT2D eigenvalue weighted by Gasteiger charge is -2.26. The van der Waals surface area contributed by atoms with E-state index in [0.717, 1.165) is 38.7 Å². The molecule has 0 fully saturated rings. The number of aromatic nitrogens is 2. The van der Waals surface area contributed by atoms with Crippen molar-refractivity contribution in [2.45, 2.75) is 0 Å². The molecule has 0 aliphatic heterocycles. The molecule has 4 heteroatoms. The molecule has 0 radical (unpaired) electrons. The number of hydrogen-bond acceptors (Lipinski definition) is 3. The van der Waals surface area contributed by atoms with Crippen molar-refractivity contribution in [3.63, 3.8) is 0 Å². The third-order valence-corrected chi connectivity index (χ3v) is 11.0. The van der Waals surface area contributed by atoms with Gasteiger partial charge in [-0.3, -0.25) is 0 Å². The topological polar surface area (TPSA) is 21.1 Å². The van der Waals surface area contributed by atoms with Gasteiger partial charge in [0.25, 0.3) is 0 Å². The van der Waals surface area contributed by atoms with E-state index in [-0.39, 0.29) is 0 Å². The van der Waals surface area contributed by atoms with Crippen LogP contribution in [-0.2, 0) is 0 Å². The third kappa shape index (κ3) is 5.08. The largest absolute Gasteiger partial charge is 0.310 e. The van der Waals surface area contributed by atoms with Crippen LogP contribution < -0.4 is 4.90 Å². The fourth-order valence-electron chi connectivity index (χ4n) is 7.40. The lowest BCUT2D eigenvalue weighted by molar-refractivity contribution is 1.18. The van der Waals surface area contributed by atoms with Crippen molar-refractivity contribution in [1.29, 1.82) is 0 Å². The first-order valence-electron chi connectivity index (χ1n) is 17.2. The van der Waals surface area contributed by atoms with Gasteiger partial charge >= 0.3 is 0 Å². The average Bonchev–Trinajstić information content (AvgIpc) is 3.74. The van der Waals surface area contributed by atoms with Crippen molar-refractivity contribution in [3.05, 3.63) is 188 Å². The Kier molecular flexibility index (Phi) is 7.00. The van der Waals surface area contributed by atoms with Crippen LogP contribution in [0.25, 0.3) is 70.0 Å². The molecule has 7 aromatic carbocycles. The molecule has 240 valence electrons. The molecule has 3 heterocycles. The molecule has 0 aliphatic carbocycles. The zero-order valence-electron chi connectivity index (χ0n) is 27.6. The maximum absolute atomic E-state index is 4.87. The third-order valence-electron chi connectivity index (χ3n) is 9.86. The highest BCUT2D eigenvalue weighted by Crippen LogP contribution is 2.41. The van der Waals surface area contributed by atoms with Crippen LogP contribution in [0.5, 0.6) is 0 Å². The maximum Gasteiger partial charge on any atom is 0.124 e. The van der Waals surface area contributed by atoms with Gasteiger partial charge in [0.05, 0.1) is 11.0 Å². The van der Waals surface area contributed by atoms with Gasteiger partial charge < -0.3 is 9.47 Å². The highest BCUT2D eigenvalue weighted by Gasteiger charge is 2.18. The first kappa shape index (κ1) is 29.4. The molecule has 0 N–H and O–H groups in total. The summed E-state index contributed by atoms with van der Waals surface area (Å²) >= 11 is 1.75. The van der Waals surface area contributed by atoms with Gasteiger partial charge in [0.2, 0.25) is 0 Å². The number of nitrogens with zero attached hydrogens (tertiary/aromatic N) is 3. The summed E-state index contributed by atoms with van der Waals surface area (Å²) in [5.74, 6) is 0. The molecule has 0 unspecified atom stereocenters. The number of pyridine rings is 1. The van der Waals surface area contributed by atoms with Crippen LogP contribution in [0.4, 0.5) is 17.1 Å². The van der Waals surface area contributed by atoms with E-state index in [0.29, 0.717) is 0 Å². The highest BCUT2D eigenvalue weighted by atomic mass is 32.1. The molecule has 0 aliphatic rings. The van der Waals surface area contributed by atoms with E-state index < -0.39 is 0 Å². The summed E-state index contributed by atoms with van der Waals surface area (Å²) < 4.78 is 3.65. The van der Waals surface area contributed by atoms with Crippen molar-refractivity contribution < 1.29 is 0 Å². The Morgan fingerprint density at radius 3 is 1.73 bits per heavy atom. The zero-order chi connectivity index (χ0) is 33.7. The summed E-state index contributed by atoms with van der Waals surface area (Å²) in [5.41, 5.74) is 11.4. The van der Waals surface area contributed by atoms with Gasteiger partial charge in [0.1, 0.15) is 4.83 Å². The Hall–Kier alpha value is -6.49. The quantitative estimate of drug-likeness (QED) is 0.176. The summed E-state index contributed by atoms with van der Waals surface area (Å²) in [6.45, 7) is 0. The highest BCUT2D eigenvalue weighted by molar-refractivity contribution is 7.25. The van der Waals surface area contributed by atoms with Crippen LogP contribution in [-0.4, -0.2) is 9.55 Å². The summed E-state index contributed by atoms with van der Waals surface area (Å²) in [7, 11) is 0. The number of thiophene rings is 1. The fraction of sp³-hybridized carbons (Fsp3) is 0. The lowest BCUT2D eigenvalue weighted by atomic mass is 10.0. The van der Waals surface area contributed by atoms with Crippen molar-refractivity contribution in [3.8, 4) is 27.9 Å². The van der Waals surface area contributed by atoms with E-state index in [1.54, 1.807) is 11.3 Å². The summed E-state index contributed by atoms with van der Waals surface area (Å²) in [4.78, 5) is 8.30. The van der Waals surface area contributed by atoms with Crippen molar-refractivity contribution >= 4 is 70.5 Å². The number of rotatable bonds is 6. The normalized spacial score (nSPS) is 11.5. The van der Waals surface area contributed by atoms with Gasteiger partial charge in [-0.1, -0.05) is 115 Å². The van der Waals surface area contributed by atoms with Gasteiger partial charge in [-0.15, -0.1) is 11.3 Å². The Bertz CT molecular complexity index is 2830. The van der Waals surface area contributed by atoms with E-state index in [1.165, 1.54) is 48.4 Å². The van der Waals surface area contributed by atoms with Crippen LogP contribution in [0.2, 0.25) is 0 Å². The molecule has 51 heavy (non-hydrogen) atoms. The van der Waals surface area contributed by atoms with Gasteiger partial charge in [-0.05, 0) is 83.4 Å². The van der Waals surface area contributed by atoms with E-state index in [1.807, 2.05) is 6.20 Å². The predicted octanol–water partition coefficient (Wildman–Crippen LogP) is 13.4. The molecule has 0 spiro atoms. The lowest BCUT2D eigenvalue weighted by Crippen LogP contribution is -2.10. The molecule has 0 atom stereocenters. The molecular weight excluding hydrogens is 639 g/mol. The minimum atomic E-state index is 1.07. The zero-order valence-corrected chi connectivity index (χ0v) is 28.5. The van der Waals surface area contributed by atoms with Gasteiger partial charge in [0.15, 0.2) is 0 Å². The molecule has 3 aromatic heterocycles. The molecule has 0 bridgehead atoms. The molecule has 10 aromatic rings. The Morgan fingerprint density at radius 1 is 0.412 bits per heavy atom. The molecular formula is C47H31N3S. The second-order valence-electron chi connectivity index (χ2n) is 12.9. The number of anilines is 3. The summed E-state index contributed by atoms with van der Waals surface area (Å²) in [6, 6.07) is 65.4. The smallest absolute Gasteiger partial charge is 0.124 e. The van der Waals surface area contributed by atoms with E-state index in [4.69, 9.17) is 4.98 Å². The van der Waals surface area contributed by atoms with Gasteiger partial charge in [-0.2, -0.15) is 0 Å². The standard InChI is InChI=1S/C47H31N3S/c1-3-11-32(12-4-1)33-19-23-37(24-20-33)49(38-25-21-34(22-26-38)35-29-43-42-16-8-10-18-46(42)51-47(43)48-31-35)39-27-28-41-40-15-7-9-17-44(40)50(45(41)30-39)36-13-5-2-6-14-36/h1-31H. The monoisotopic (exact) mass is 669 g/mol. The van der Waals surface area contributed by atoms with E-state index in [2.05, 4.69) is 191 Å². The van der Waals surface area contributed by atoms with E-state index in [9.17, 15) is 0 Å². The van der Waals surface area contributed by atoms with Crippen LogP contribution in [0.15, 0.2) is 188 Å². The summed E-state index contributed by atoms with van der Waals surface area (Å²) in [5, 5.41) is 4.95. The Labute approximate surface area is 299 Å². The Morgan fingerprint density at radius 2 is 0.980 bits per heavy atom. The SMILES string of the molecule is c1ccc(-c2ccc(N(c3ccc(-c4cnc5sc6ccccc6c5c4)cc3)c3ccc4c5ccccc5n(-c5ccccc5)c4c3)cc2)cc1. The molecule has 0 amide bonds. The number of benzene rings is 7. The maximum atomic E-state index is 4.87. The second kappa shape index (κ2) is 12.1. The second-order valence-corrected chi connectivity index (χ2v) is 13.9. The minimum Gasteiger partial charge on any atom is -0.310 e. The average molecular weight is 670 g/mol. The van der Waals surface area contributed by atoms with Crippen molar-refractivity contribution in [2.24, 2.45) is 0 Å². The molecule has 10 rings (SSSR count). The molecule has 0 saturated carbocycles. The van der Waals surface area contributed by atoms with Crippen molar-refractivity contribution in [1.82, 2.24) is 9.55 Å².